The van der Waals surface area contributed by atoms with Gasteiger partial charge in [-0.3, -0.25) is 24.3 Å². The number of rotatable bonds is 7. The molecular formula is C42H43N5O4. The van der Waals surface area contributed by atoms with Gasteiger partial charge in [0.1, 0.15) is 12.4 Å². The highest BCUT2D eigenvalue weighted by Crippen LogP contribution is 2.26. The van der Waals surface area contributed by atoms with Crippen molar-refractivity contribution in [2.75, 3.05) is 39.3 Å². The van der Waals surface area contributed by atoms with Crippen molar-refractivity contribution in [2.24, 2.45) is 0 Å². The molecule has 9 heteroatoms. The van der Waals surface area contributed by atoms with Gasteiger partial charge in [0.25, 0.3) is 5.91 Å². The third-order valence-electron chi connectivity index (χ3n) is 9.74. The summed E-state index contributed by atoms with van der Waals surface area (Å²) in [6.45, 7) is 2.49. The molecule has 9 nitrogen and oxygen atoms in total. The molecule has 4 aromatic carbocycles. The van der Waals surface area contributed by atoms with Gasteiger partial charge in [-0.25, -0.2) is 0 Å². The van der Waals surface area contributed by atoms with E-state index in [9.17, 15) is 14.4 Å². The molecule has 7 rings (SSSR count). The Labute approximate surface area is 298 Å². The molecule has 0 radical (unpaired) electrons. The van der Waals surface area contributed by atoms with Gasteiger partial charge in [-0.05, 0) is 71.5 Å². The van der Waals surface area contributed by atoms with E-state index in [0.29, 0.717) is 50.5 Å². The molecule has 5 aromatic rings. The molecule has 1 fully saturated rings. The summed E-state index contributed by atoms with van der Waals surface area (Å²) in [7, 11) is 0. The molecular weight excluding hydrogens is 638 g/mol. The van der Waals surface area contributed by atoms with Gasteiger partial charge >= 0.3 is 0 Å². The van der Waals surface area contributed by atoms with Gasteiger partial charge in [0.15, 0.2) is 0 Å². The summed E-state index contributed by atoms with van der Waals surface area (Å²) in [6.07, 6.45) is 5.92. The normalized spacial score (nSPS) is 18.4. The smallest absolute Gasteiger partial charge is 0.252 e. The SMILES string of the molecule is O=C(Cc1ccc2ccccc2c1)N[C@@H]1C[C@H]2COc3cccc(c3)-c3cncc(c3)C(=O)NCCN(CCCc3ccccc3)CC(=O)N2C1. The Morgan fingerprint density at radius 1 is 0.843 bits per heavy atom. The number of carbonyl (C=O) groups is 3. The maximum Gasteiger partial charge on any atom is 0.252 e. The van der Waals surface area contributed by atoms with Crippen molar-refractivity contribution in [3.63, 3.8) is 0 Å². The fourth-order valence-corrected chi connectivity index (χ4v) is 7.11. The number of hydrogen-bond acceptors (Lipinski definition) is 6. The molecule has 1 saturated heterocycles. The highest BCUT2D eigenvalue weighted by molar-refractivity contribution is 5.95. The lowest BCUT2D eigenvalue weighted by Crippen LogP contribution is -2.47. The summed E-state index contributed by atoms with van der Waals surface area (Å²) < 4.78 is 6.34. The molecule has 3 amide bonds. The van der Waals surface area contributed by atoms with Crippen molar-refractivity contribution in [1.29, 1.82) is 0 Å². The maximum atomic E-state index is 14.1. The minimum Gasteiger partial charge on any atom is -0.491 e. The van der Waals surface area contributed by atoms with E-state index in [1.807, 2.05) is 77.7 Å². The van der Waals surface area contributed by atoms with Gasteiger partial charge in [0.2, 0.25) is 11.8 Å². The van der Waals surface area contributed by atoms with Crippen molar-refractivity contribution < 1.29 is 19.1 Å². The van der Waals surface area contributed by atoms with Crippen LogP contribution in [0.5, 0.6) is 5.75 Å². The van der Waals surface area contributed by atoms with Gasteiger partial charge in [-0.1, -0.05) is 84.9 Å². The predicted molar refractivity (Wildman–Crippen MR) is 198 cm³/mol. The number of benzene rings is 4. The fraction of sp³-hybridized carbons (Fsp3) is 0.286. The molecule has 4 bridgehead atoms. The second kappa shape index (κ2) is 16.0. The predicted octanol–water partition coefficient (Wildman–Crippen LogP) is 5.29. The summed E-state index contributed by atoms with van der Waals surface area (Å²) in [5.41, 5.74) is 4.36. The topological polar surface area (TPSA) is 104 Å². The molecule has 0 spiro atoms. The zero-order valence-electron chi connectivity index (χ0n) is 28.7. The number of nitrogens with zero attached hydrogens (tertiary/aromatic N) is 3. The first-order valence-electron chi connectivity index (χ1n) is 17.8. The van der Waals surface area contributed by atoms with E-state index in [1.165, 1.54) is 5.56 Å². The lowest BCUT2D eigenvalue weighted by molar-refractivity contribution is -0.134. The van der Waals surface area contributed by atoms with E-state index in [-0.39, 0.29) is 42.8 Å². The number of nitrogens with one attached hydrogen (secondary N) is 2. The summed E-state index contributed by atoms with van der Waals surface area (Å²) in [5, 5.41) is 8.49. The Bertz CT molecular complexity index is 2000. The standard InChI is InChI=1S/C42H43N5O4/c48-40(21-31-15-16-32-11-4-5-12-33(32)20-31)45-37-24-38-29-51-39-14-6-13-34(23-39)35-22-36(26-43-25-35)42(50)44-17-19-46(28-41(49)47(38)27-37)18-7-10-30-8-2-1-3-9-30/h1-6,8-9,11-16,20,22-23,25-26,37-38H,7,10,17-19,21,24,27-29H2,(H,44,50)(H,45,48)/t37-,38+/m1/s1. The third-order valence-corrected chi connectivity index (χ3v) is 9.74. The van der Waals surface area contributed by atoms with Crippen LogP contribution in [0.3, 0.4) is 0 Å². The van der Waals surface area contributed by atoms with Gasteiger partial charge in [0.05, 0.1) is 24.6 Å². The molecule has 2 aliphatic rings. The van der Waals surface area contributed by atoms with Crippen LogP contribution in [0, 0.1) is 0 Å². The highest BCUT2D eigenvalue weighted by Gasteiger charge is 2.37. The second-order valence-electron chi connectivity index (χ2n) is 13.5. The number of ether oxygens (including phenoxy) is 1. The average Bonchev–Trinajstić information content (AvgIpc) is 3.56. The van der Waals surface area contributed by atoms with Crippen LogP contribution < -0.4 is 15.4 Å². The minimum atomic E-state index is -0.223. The summed E-state index contributed by atoms with van der Waals surface area (Å²) >= 11 is 0. The largest absolute Gasteiger partial charge is 0.491 e. The van der Waals surface area contributed by atoms with Crippen molar-refractivity contribution in [3.05, 3.63) is 132 Å². The van der Waals surface area contributed by atoms with Crippen LogP contribution in [0.1, 0.15) is 34.3 Å². The first kappa shape index (κ1) is 33.9. The Kier molecular flexibility index (Phi) is 10.6. The molecule has 0 aliphatic carbocycles. The number of aryl methyl sites for hydroxylation is 1. The maximum absolute atomic E-state index is 14.1. The van der Waals surface area contributed by atoms with Gasteiger partial charge < -0.3 is 20.3 Å². The van der Waals surface area contributed by atoms with E-state index in [2.05, 4.69) is 50.8 Å². The van der Waals surface area contributed by atoms with E-state index < -0.39 is 0 Å². The summed E-state index contributed by atoms with van der Waals surface area (Å²) in [6, 6.07) is 33.6. The van der Waals surface area contributed by atoms with Gasteiger partial charge in [0, 0.05) is 43.6 Å². The minimum absolute atomic E-state index is 0.0187. The molecule has 1 aromatic heterocycles. The van der Waals surface area contributed by atoms with Crippen LogP contribution in [0.2, 0.25) is 0 Å². The quantitative estimate of drug-likeness (QED) is 0.242. The Hall–Kier alpha value is -5.54. The molecule has 2 atom stereocenters. The number of fused-ring (bicyclic) bond motifs is 7. The van der Waals surface area contributed by atoms with Crippen LogP contribution in [0.25, 0.3) is 21.9 Å². The van der Waals surface area contributed by atoms with E-state index in [4.69, 9.17) is 4.74 Å². The molecule has 260 valence electrons. The molecule has 2 aliphatic heterocycles. The van der Waals surface area contributed by atoms with Crippen LogP contribution in [-0.2, 0) is 22.4 Å². The van der Waals surface area contributed by atoms with Crippen molar-refractivity contribution >= 4 is 28.5 Å². The van der Waals surface area contributed by atoms with Crippen LogP contribution >= 0.6 is 0 Å². The number of hydrogen-bond donors (Lipinski definition) is 2. The monoisotopic (exact) mass is 681 g/mol. The zero-order chi connectivity index (χ0) is 35.0. The van der Waals surface area contributed by atoms with Crippen LogP contribution in [0.4, 0.5) is 0 Å². The number of carbonyl (C=O) groups excluding carboxylic acids is 3. The van der Waals surface area contributed by atoms with Gasteiger partial charge in [-0.2, -0.15) is 0 Å². The lowest BCUT2D eigenvalue weighted by atomic mass is 10.0. The highest BCUT2D eigenvalue weighted by atomic mass is 16.5. The van der Waals surface area contributed by atoms with Crippen LogP contribution in [0.15, 0.2) is 116 Å². The van der Waals surface area contributed by atoms with Crippen molar-refractivity contribution in [2.45, 2.75) is 37.8 Å². The Morgan fingerprint density at radius 3 is 2.55 bits per heavy atom. The van der Waals surface area contributed by atoms with Gasteiger partial charge in [-0.15, -0.1) is 0 Å². The Morgan fingerprint density at radius 2 is 1.67 bits per heavy atom. The number of amides is 3. The Balaban J connectivity index is 1.09. The molecule has 51 heavy (non-hydrogen) atoms. The fourth-order valence-electron chi connectivity index (χ4n) is 7.11. The van der Waals surface area contributed by atoms with Crippen LogP contribution in [-0.4, -0.2) is 83.9 Å². The lowest BCUT2D eigenvalue weighted by Gasteiger charge is -2.29. The first-order chi connectivity index (χ1) is 25.0. The number of pyridine rings is 1. The zero-order valence-corrected chi connectivity index (χ0v) is 28.7. The molecule has 3 heterocycles. The summed E-state index contributed by atoms with van der Waals surface area (Å²) in [5.74, 6) is 0.360. The molecule has 2 N–H and O–H groups in total. The molecule has 0 unspecified atom stereocenters. The average molecular weight is 682 g/mol. The third kappa shape index (κ3) is 8.80. The second-order valence-corrected chi connectivity index (χ2v) is 13.5. The van der Waals surface area contributed by atoms with E-state index in [1.54, 1.807) is 12.4 Å². The van der Waals surface area contributed by atoms with Crippen molar-refractivity contribution in [3.8, 4) is 16.9 Å². The molecule has 0 saturated carbocycles. The van der Waals surface area contributed by atoms with E-state index in [0.717, 1.165) is 40.3 Å². The van der Waals surface area contributed by atoms with E-state index >= 15 is 0 Å². The first-order valence-corrected chi connectivity index (χ1v) is 17.8. The summed E-state index contributed by atoms with van der Waals surface area (Å²) in [4.78, 5) is 48.9. The number of aromatic nitrogens is 1. The van der Waals surface area contributed by atoms with Crippen molar-refractivity contribution in [1.82, 2.24) is 25.4 Å².